The Hall–Kier alpha value is -2.40. The molecule has 1 aromatic carbocycles. The van der Waals surface area contributed by atoms with E-state index in [-0.39, 0.29) is 18.0 Å². The Balaban J connectivity index is 1.88. The number of amides is 1. The van der Waals surface area contributed by atoms with Gasteiger partial charge in [0.2, 0.25) is 5.91 Å². The molecule has 2 rings (SSSR count). The van der Waals surface area contributed by atoms with Crippen molar-refractivity contribution in [2.45, 2.75) is 40.0 Å². The van der Waals surface area contributed by atoms with Crippen LogP contribution in [0.2, 0.25) is 0 Å². The second-order valence-electron chi connectivity index (χ2n) is 5.60. The molecule has 1 heterocycles. The molecule has 122 valence electrons. The Labute approximate surface area is 135 Å². The smallest absolute Gasteiger partial charge is 0.253 e. The summed E-state index contributed by atoms with van der Waals surface area (Å²) in [5, 5.41) is 2.75. The number of aromatic amines is 1. The molecule has 0 spiro atoms. The average molecular weight is 314 g/mol. The van der Waals surface area contributed by atoms with Gasteiger partial charge in [0.05, 0.1) is 6.61 Å². The molecular weight excluding hydrogens is 292 g/mol. The molecule has 0 saturated heterocycles. The first-order valence-electron chi connectivity index (χ1n) is 7.60. The van der Waals surface area contributed by atoms with Gasteiger partial charge in [0, 0.05) is 17.8 Å². The Morgan fingerprint density at radius 1 is 1.26 bits per heavy atom. The van der Waals surface area contributed by atoms with Gasteiger partial charge in [-0.05, 0) is 38.0 Å². The molecule has 2 N–H and O–H groups in total. The van der Waals surface area contributed by atoms with Crippen molar-refractivity contribution in [1.82, 2.24) is 10.3 Å². The fraction of sp³-hybridized carbons (Fsp3) is 0.333. The Kier molecular flexibility index (Phi) is 5.71. The van der Waals surface area contributed by atoms with E-state index in [2.05, 4.69) is 10.3 Å². The lowest BCUT2D eigenvalue weighted by atomic mass is 10.1. The predicted octanol–water partition coefficient (Wildman–Crippen LogP) is 2.21. The van der Waals surface area contributed by atoms with E-state index in [1.807, 2.05) is 50.2 Å². The second-order valence-corrected chi connectivity index (χ2v) is 5.60. The summed E-state index contributed by atoms with van der Waals surface area (Å²) in [7, 11) is 0. The van der Waals surface area contributed by atoms with Gasteiger partial charge < -0.3 is 15.0 Å². The number of pyridine rings is 1. The highest BCUT2D eigenvalue weighted by Gasteiger charge is 2.14. The summed E-state index contributed by atoms with van der Waals surface area (Å²) < 4.78 is 5.56. The summed E-state index contributed by atoms with van der Waals surface area (Å²) in [6, 6.07) is 11.6. The minimum atomic E-state index is -0.583. The summed E-state index contributed by atoms with van der Waals surface area (Å²) in [6.07, 6.45) is -0.583. The molecule has 5 heteroatoms. The van der Waals surface area contributed by atoms with Crippen LogP contribution in [0.5, 0.6) is 0 Å². The number of carbonyl (C=O) groups excluding carboxylic acids is 1. The van der Waals surface area contributed by atoms with Crippen molar-refractivity contribution < 1.29 is 9.53 Å². The zero-order valence-electron chi connectivity index (χ0n) is 13.7. The lowest BCUT2D eigenvalue weighted by Crippen LogP contribution is -2.35. The Morgan fingerprint density at radius 3 is 2.61 bits per heavy atom. The highest BCUT2D eigenvalue weighted by atomic mass is 16.5. The van der Waals surface area contributed by atoms with E-state index in [1.165, 1.54) is 0 Å². The van der Waals surface area contributed by atoms with Gasteiger partial charge in [0.15, 0.2) is 0 Å². The highest BCUT2D eigenvalue weighted by Crippen LogP contribution is 2.05. The maximum Gasteiger partial charge on any atom is 0.253 e. The second kappa shape index (κ2) is 7.74. The standard InChI is InChI=1S/C18H22N2O3/c1-12-9-13(2)20-18(22)16(12)10-19-17(21)14(3)23-11-15-7-5-4-6-8-15/h4-9,14H,10-11H2,1-3H3,(H,19,21)(H,20,22)/t14-/m0/s1. The zero-order valence-corrected chi connectivity index (χ0v) is 13.7. The molecule has 0 aliphatic carbocycles. The molecule has 0 fully saturated rings. The van der Waals surface area contributed by atoms with Gasteiger partial charge in [-0.25, -0.2) is 0 Å². The van der Waals surface area contributed by atoms with Crippen LogP contribution < -0.4 is 10.9 Å². The van der Waals surface area contributed by atoms with Gasteiger partial charge in [-0.3, -0.25) is 9.59 Å². The molecule has 1 atom stereocenters. The number of hydrogen-bond acceptors (Lipinski definition) is 3. The van der Waals surface area contributed by atoms with Gasteiger partial charge in [0.1, 0.15) is 6.10 Å². The quantitative estimate of drug-likeness (QED) is 0.859. The van der Waals surface area contributed by atoms with E-state index in [0.717, 1.165) is 16.8 Å². The van der Waals surface area contributed by atoms with E-state index >= 15 is 0 Å². The number of rotatable bonds is 6. The number of nitrogens with one attached hydrogen (secondary N) is 2. The summed E-state index contributed by atoms with van der Waals surface area (Å²) in [5.74, 6) is -0.236. The van der Waals surface area contributed by atoms with Crippen molar-refractivity contribution in [2.75, 3.05) is 0 Å². The van der Waals surface area contributed by atoms with Crippen molar-refractivity contribution in [1.29, 1.82) is 0 Å². The molecule has 0 aliphatic rings. The molecule has 0 saturated carbocycles. The zero-order chi connectivity index (χ0) is 16.8. The first-order chi connectivity index (χ1) is 11.0. The van der Waals surface area contributed by atoms with Crippen LogP contribution in [0, 0.1) is 13.8 Å². The van der Waals surface area contributed by atoms with E-state index in [4.69, 9.17) is 4.74 Å². The lowest BCUT2D eigenvalue weighted by molar-refractivity contribution is -0.132. The normalized spacial score (nSPS) is 12.0. The van der Waals surface area contributed by atoms with Crippen molar-refractivity contribution in [3.8, 4) is 0 Å². The van der Waals surface area contributed by atoms with E-state index in [9.17, 15) is 9.59 Å². The molecule has 0 aliphatic heterocycles. The largest absolute Gasteiger partial charge is 0.364 e. The average Bonchev–Trinajstić information content (AvgIpc) is 2.52. The predicted molar refractivity (Wildman–Crippen MR) is 89.1 cm³/mol. The van der Waals surface area contributed by atoms with E-state index in [0.29, 0.717) is 12.2 Å². The molecule has 1 amide bonds. The molecule has 5 nitrogen and oxygen atoms in total. The van der Waals surface area contributed by atoms with Crippen LogP contribution in [0.1, 0.15) is 29.3 Å². The fourth-order valence-electron chi connectivity index (χ4n) is 2.29. The summed E-state index contributed by atoms with van der Waals surface area (Å²) >= 11 is 0. The van der Waals surface area contributed by atoms with Gasteiger partial charge in [0.25, 0.3) is 5.56 Å². The van der Waals surface area contributed by atoms with Crippen LogP contribution in [0.3, 0.4) is 0 Å². The van der Waals surface area contributed by atoms with Crippen LogP contribution in [-0.4, -0.2) is 17.0 Å². The van der Waals surface area contributed by atoms with E-state index in [1.54, 1.807) is 6.92 Å². The molecule has 0 radical (unpaired) electrons. The van der Waals surface area contributed by atoms with Crippen LogP contribution in [0.4, 0.5) is 0 Å². The maximum absolute atomic E-state index is 12.1. The van der Waals surface area contributed by atoms with Gasteiger partial charge >= 0.3 is 0 Å². The molecule has 1 aromatic heterocycles. The first-order valence-corrected chi connectivity index (χ1v) is 7.60. The molecule has 0 bridgehead atoms. The Morgan fingerprint density at radius 2 is 1.96 bits per heavy atom. The van der Waals surface area contributed by atoms with Crippen LogP contribution >= 0.6 is 0 Å². The monoisotopic (exact) mass is 314 g/mol. The number of carbonyl (C=O) groups is 1. The van der Waals surface area contributed by atoms with Gasteiger partial charge in [-0.1, -0.05) is 30.3 Å². The van der Waals surface area contributed by atoms with Crippen molar-refractivity contribution in [3.63, 3.8) is 0 Å². The van der Waals surface area contributed by atoms with Gasteiger partial charge in [-0.2, -0.15) is 0 Å². The number of hydrogen-bond donors (Lipinski definition) is 2. The number of ether oxygens (including phenoxy) is 1. The molecular formula is C18H22N2O3. The highest BCUT2D eigenvalue weighted by molar-refractivity contribution is 5.80. The lowest BCUT2D eigenvalue weighted by Gasteiger charge is -2.14. The van der Waals surface area contributed by atoms with E-state index < -0.39 is 6.10 Å². The summed E-state index contributed by atoms with van der Waals surface area (Å²) in [6.45, 7) is 5.96. The van der Waals surface area contributed by atoms with Crippen LogP contribution in [-0.2, 0) is 22.7 Å². The molecule has 0 unspecified atom stereocenters. The SMILES string of the molecule is Cc1cc(C)c(CNC(=O)[C@H](C)OCc2ccccc2)c(=O)[nH]1. The van der Waals surface area contributed by atoms with Crippen molar-refractivity contribution in [3.05, 3.63) is 69.1 Å². The minimum absolute atomic E-state index is 0.166. The third-order valence-electron chi connectivity index (χ3n) is 3.65. The van der Waals surface area contributed by atoms with Crippen LogP contribution in [0.25, 0.3) is 0 Å². The van der Waals surface area contributed by atoms with Crippen molar-refractivity contribution in [2.24, 2.45) is 0 Å². The first kappa shape index (κ1) is 17.0. The number of aryl methyl sites for hydroxylation is 2. The topological polar surface area (TPSA) is 71.2 Å². The molecule has 2 aromatic rings. The molecule has 23 heavy (non-hydrogen) atoms. The minimum Gasteiger partial charge on any atom is -0.364 e. The number of H-pyrrole nitrogens is 1. The summed E-state index contributed by atoms with van der Waals surface area (Å²) in [4.78, 5) is 26.7. The maximum atomic E-state index is 12.1. The number of aromatic nitrogens is 1. The third kappa shape index (κ3) is 4.79. The van der Waals surface area contributed by atoms with Gasteiger partial charge in [-0.15, -0.1) is 0 Å². The number of benzene rings is 1. The Bertz CT molecular complexity index is 723. The van der Waals surface area contributed by atoms with Crippen LogP contribution in [0.15, 0.2) is 41.2 Å². The fourth-order valence-corrected chi connectivity index (χ4v) is 2.29. The summed E-state index contributed by atoms with van der Waals surface area (Å²) in [5.41, 5.74) is 3.09. The van der Waals surface area contributed by atoms with Crippen molar-refractivity contribution >= 4 is 5.91 Å². The third-order valence-corrected chi connectivity index (χ3v) is 3.65.